The van der Waals surface area contributed by atoms with E-state index >= 15 is 0 Å². The zero-order valence-corrected chi connectivity index (χ0v) is 29.3. The molecule has 0 unspecified atom stereocenters. The highest BCUT2D eigenvalue weighted by Crippen LogP contribution is 2.50. The van der Waals surface area contributed by atoms with Crippen molar-refractivity contribution in [1.82, 2.24) is 4.98 Å². The van der Waals surface area contributed by atoms with Gasteiger partial charge in [0.05, 0.1) is 30.6 Å². The van der Waals surface area contributed by atoms with Crippen LogP contribution in [0.2, 0.25) is 0 Å². The number of rotatable bonds is 9. The number of carbonyl (C=O) groups is 5. The lowest BCUT2D eigenvalue weighted by Gasteiger charge is -2.43. The number of hydrogen-bond donors (Lipinski definition) is 1. The predicted molar refractivity (Wildman–Crippen MR) is 178 cm³/mol. The van der Waals surface area contributed by atoms with Crippen LogP contribution >= 0.6 is 50.4 Å². The van der Waals surface area contributed by atoms with Crippen molar-refractivity contribution in [2.75, 3.05) is 5.73 Å². The van der Waals surface area contributed by atoms with Crippen LogP contribution in [0.25, 0.3) is 20.8 Å². The van der Waals surface area contributed by atoms with Crippen LogP contribution in [0, 0.1) is 0 Å². The van der Waals surface area contributed by atoms with E-state index in [4.69, 9.17) is 34.4 Å². The Hall–Kier alpha value is -3.83. The molecule has 2 N–H and O–H groups in total. The Kier molecular flexibility index (Phi) is 10.7. The van der Waals surface area contributed by atoms with Crippen molar-refractivity contribution >= 4 is 95.9 Å². The van der Waals surface area contributed by atoms with Crippen LogP contribution in [0.15, 0.2) is 57.2 Å². The molecular formula is C31H27BrN2O10S3. The summed E-state index contributed by atoms with van der Waals surface area (Å²) in [5.74, 6) is -3.44. The standard InChI is InChI=1S/C31H27BrN2O10S3/c1-13(35)40-24-25(41-14(2)36)29(43-16(4)38)44-30(26(24)42-15(3)37)47-31-21(28-34-19-7-5-6-8-20(19)45-28)22(33)27(46-31)23(39)17-9-11-18(32)12-10-17/h5-12,24-26,29-30H,33H2,1-4H3/t24-,25+,26+,29-,30-/m0/s1. The first-order chi connectivity index (χ1) is 22.3. The molecule has 0 spiro atoms. The molecule has 5 rings (SSSR count). The molecule has 3 heterocycles. The number of thioether (sulfide) groups is 1. The molecule has 0 saturated carbocycles. The third-order valence-electron chi connectivity index (χ3n) is 6.60. The van der Waals surface area contributed by atoms with Crippen molar-refractivity contribution in [2.45, 2.75) is 61.9 Å². The normalized spacial score (nSPS) is 20.7. The molecule has 47 heavy (non-hydrogen) atoms. The molecule has 1 aliphatic heterocycles. The first-order valence-electron chi connectivity index (χ1n) is 13.9. The molecule has 0 radical (unpaired) electrons. The van der Waals surface area contributed by atoms with E-state index in [-0.39, 0.29) is 16.3 Å². The summed E-state index contributed by atoms with van der Waals surface area (Å²) in [4.78, 5) is 67.5. The molecule has 4 aromatic rings. The maximum Gasteiger partial charge on any atom is 0.305 e. The van der Waals surface area contributed by atoms with Crippen LogP contribution in [0.4, 0.5) is 5.69 Å². The van der Waals surface area contributed by atoms with Crippen molar-refractivity contribution in [3.05, 3.63) is 63.4 Å². The second-order valence-electron chi connectivity index (χ2n) is 10.2. The number of carbonyl (C=O) groups excluding carboxylic acids is 5. The number of halogens is 1. The Morgan fingerprint density at radius 1 is 0.809 bits per heavy atom. The number of thiazole rings is 1. The summed E-state index contributed by atoms with van der Waals surface area (Å²) in [7, 11) is 0. The Labute approximate surface area is 289 Å². The number of esters is 4. The van der Waals surface area contributed by atoms with Gasteiger partial charge in [-0.25, -0.2) is 4.98 Å². The van der Waals surface area contributed by atoms with Gasteiger partial charge in [-0.05, 0) is 36.4 Å². The zero-order chi connectivity index (χ0) is 34.0. The first kappa shape index (κ1) is 34.5. The quantitative estimate of drug-likeness (QED) is 0.125. The van der Waals surface area contributed by atoms with Crippen LogP contribution in [-0.2, 0) is 42.9 Å². The van der Waals surface area contributed by atoms with Gasteiger partial charge in [0.25, 0.3) is 0 Å². The Balaban J connectivity index is 1.64. The highest BCUT2D eigenvalue weighted by atomic mass is 79.9. The third kappa shape index (κ3) is 7.84. The lowest BCUT2D eigenvalue weighted by Crippen LogP contribution is -2.61. The number of nitrogens with zero attached hydrogens (tertiary/aromatic N) is 1. The Morgan fingerprint density at radius 2 is 1.40 bits per heavy atom. The molecule has 12 nitrogen and oxygen atoms in total. The number of aromatic nitrogens is 1. The van der Waals surface area contributed by atoms with Gasteiger partial charge in [-0.3, -0.25) is 24.0 Å². The fourth-order valence-corrected chi connectivity index (χ4v) is 8.90. The SMILES string of the molecule is CC(=O)O[C@H]1O[C@@H](Sc2sc(C(=O)c3ccc(Br)cc3)c(N)c2-c2nc3ccccc3s2)[C@H](OC(C)=O)[C@@H](OC(C)=O)[C@H]1OC(C)=O. The molecule has 2 aromatic heterocycles. The number of ketones is 1. The van der Waals surface area contributed by atoms with E-state index in [0.29, 0.717) is 20.3 Å². The van der Waals surface area contributed by atoms with E-state index in [0.717, 1.165) is 65.5 Å². The topological polar surface area (TPSA) is 170 Å². The number of hydrogen-bond acceptors (Lipinski definition) is 15. The molecule has 0 aliphatic carbocycles. The highest BCUT2D eigenvalue weighted by Gasteiger charge is 2.54. The third-order valence-corrected chi connectivity index (χ3v) is 10.7. The Morgan fingerprint density at radius 3 is 2.02 bits per heavy atom. The molecule has 0 bridgehead atoms. The molecule has 1 aliphatic rings. The molecular weight excluding hydrogens is 736 g/mol. The van der Waals surface area contributed by atoms with Gasteiger partial charge in [-0.2, -0.15) is 0 Å². The van der Waals surface area contributed by atoms with Gasteiger partial charge in [0.1, 0.15) is 5.01 Å². The van der Waals surface area contributed by atoms with E-state index in [9.17, 15) is 24.0 Å². The monoisotopic (exact) mass is 762 g/mol. The number of benzene rings is 2. The predicted octanol–water partition coefficient (Wildman–Crippen LogP) is 5.73. The van der Waals surface area contributed by atoms with E-state index < -0.39 is 53.9 Å². The van der Waals surface area contributed by atoms with Gasteiger partial charge in [0.2, 0.25) is 18.2 Å². The lowest BCUT2D eigenvalue weighted by molar-refractivity contribution is -0.280. The molecule has 2 aromatic carbocycles. The summed E-state index contributed by atoms with van der Waals surface area (Å²) in [6.45, 7) is 4.51. The summed E-state index contributed by atoms with van der Waals surface area (Å²) < 4.78 is 30.1. The minimum atomic E-state index is -1.56. The van der Waals surface area contributed by atoms with Crippen molar-refractivity contribution in [3.8, 4) is 10.6 Å². The van der Waals surface area contributed by atoms with Crippen molar-refractivity contribution in [1.29, 1.82) is 0 Å². The smallest absolute Gasteiger partial charge is 0.305 e. The number of thiophene rings is 1. The average molecular weight is 764 g/mol. The van der Waals surface area contributed by atoms with Crippen LogP contribution < -0.4 is 5.73 Å². The fourth-order valence-electron chi connectivity index (χ4n) is 4.78. The van der Waals surface area contributed by atoms with Crippen molar-refractivity contribution < 1.29 is 47.7 Å². The van der Waals surface area contributed by atoms with E-state index in [1.165, 1.54) is 11.3 Å². The van der Waals surface area contributed by atoms with Gasteiger partial charge in [0, 0.05) is 37.7 Å². The van der Waals surface area contributed by atoms with E-state index in [2.05, 4.69) is 15.9 Å². The van der Waals surface area contributed by atoms with Crippen molar-refractivity contribution in [2.24, 2.45) is 0 Å². The second-order valence-corrected chi connectivity index (χ2v) is 14.5. The maximum atomic E-state index is 13.8. The highest BCUT2D eigenvalue weighted by molar-refractivity contribution is 9.10. The average Bonchev–Trinajstić information content (AvgIpc) is 3.56. The largest absolute Gasteiger partial charge is 0.455 e. The van der Waals surface area contributed by atoms with Crippen LogP contribution in [0.3, 0.4) is 0 Å². The van der Waals surface area contributed by atoms with Crippen LogP contribution in [0.5, 0.6) is 0 Å². The summed E-state index contributed by atoms with van der Waals surface area (Å²) in [6, 6.07) is 14.3. The Bertz CT molecular complexity index is 1820. The number of ether oxygens (including phenoxy) is 5. The summed E-state index contributed by atoms with van der Waals surface area (Å²) >= 11 is 6.82. The van der Waals surface area contributed by atoms with Gasteiger partial charge >= 0.3 is 23.9 Å². The van der Waals surface area contributed by atoms with Gasteiger partial charge in [0.15, 0.2) is 17.6 Å². The maximum absolute atomic E-state index is 13.8. The van der Waals surface area contributed by atoms with Crippen LogP contribution in [-0.4, -0.2) is 64.7 Å². The fraction of sp³-hybridized carbons (Fsp3) is 0.290. The van der Waals surface area contributed by atoms with E-state index in [1.54, 1.807) is 24.3 Å². The number of fused-ring (bicyclic) bond motifs is 1. The number of nitrogens with two attached hydrogens (primary N) is 1. The minimum absolute atomic E-state index is 0.176. The molecule has 1 fully saturated rings. The molecule has 246 valence electrons. The first-order valence-corrected chi connectivity index (χ1v) is 17.2. The summed E-state index contributed by atoms with van der Waals surface area (Å²) in [6.07, 6.45) is -5.84. The minimum Gasteiger partial charge on any atom is -0.455 e. The summed E-state index contributed by atoms with van der Waals surface area (Å²) in [5, 5.41) is 0.517. The summed E-state index contributed by atoms with van der Waals surface area (Å²) in [5.41, 5.74) is 7.24. The zero-order valence-electron chi connectivity index (χ0n) is 25.2. The van der Waals surface area contributed by atoms with Crippen molar-refractivity contribution in [3.63, 3.8) is 0 Å². The molecule has 0 amide bonds. The molecule has 5 atom stereocenters. The van der Waals surface area contributed by atoms with Gasteiger partial charge in [-0.1, -0.05) is 39.8 Å². The second kappa shape index (κ2) is 14.5. The van der Waals surface area contributed by atoms with Crippen LogP contribution in [0.1, 0.15) is 42.9 Å². The van der Waals surface area contributed by atoms with Gasteiger partial charge < -0.3 is 29.4 Å². The molecule has 16 heteroatoms. The number of anilines is 1. The molecule has 1 saturated heterocycles. The van der Waals surface area contributed by atoms with E-state index in [1.807, 2.05) is 24.3 Å². The number of nitrogen functional groups attached to an aromatic ring is 1. The number of para-hydroxylation sites is 1. The van der Waals surface area contributed by atoms with Gasteiger partial charge in [-0.15, -0.1) is 22.7 Å². The lowest BCUT2D eigenvalue weighted by atomic mass is 10.0.